The number of ketones is 1. The van der Waals surface area contributed by atoms with Crippen molar-refractivity contribution in [2.45, 2.75) is 38.6 Å². The summed E-state index contributed by atoms with van der Waals surface area (Å²) < 4.78 is 31.9. The van der Waals surface area contributed by atoms with Gasteiger partial charge in [0, 0.05) is 11.8 Å². The molecular weight excluding hydrogens is 330 g/mol. The molecule has 1 aromatic rings. The second kappa shape index (κ2) is 6.76. The molecule has 0 saturated carbocycles. The van der Waals surface area contributed by atoms with E-state index in [1.807, 2.05) is 6.92 Å². The zero-order chi connectivity index (χ0) is 18.1. The largest absolute Gasteiger partial charge is 0.464 e. The second-order valence-electron chi connectivity index (χ2n) is 5.81. The van der Waals surface area contributed by atoms with Crippen molar-refractivity contribution in [3.05, 3.63) is 41.6 Å². The van der Waals surface area contributed by atoms with E-state index >= 15 is 0 Å². The van der Waals surface area contributed by atoms with Crippen LogP contribution in [0.1, 0.15) is 26.3 Å². The van der Waals surface area contributed by atoms with Gasteiger partial charge in [0.25, 0.3) is 10.0 Å². The summed E-state index contributed by atoms with van der Waals surface area (Å²) in [7, 11) is -3.98. The van der Waals surface area contributed by atoms with E-state index in [4.69, 9.17) is 4.74 Å². The zero-order valence-corrected chi connectivity index (χ0v) is 15.0. The Balaban J connectivity index is 2.55. The van der Waals surface area contributed by atoms with Crippen LogP contribution < -0.4 is 0 Å². The van der Waals surface area contributed by atoms with Crippen LogP contribution in [0, 0.1) is 12.8 Å². The normalized spacial score (nSPS) is 21.4. The van der Waals surface area contributed by atoms with Gasteiger partial charge in [0.1, 0.15) is 0 Å². The number of Topliss-reactive ketones (excluding diaryl/α,β-unsaturated/α-hetero) is 1. The van der Waals surface area contributed by atoms with Gasteiger partial charge >= 0.3 is 5.97 Å². The lowest BCUT2D eigenvalue weighted by Gasteiger charge is -2.35. The van der Waals surface area contributed by atoms with Crippen molar-refractivity contribution in [3.63, 3.8) is 0 Å². The predicted octanol–water partition coefficient (Wildman–Crippen LogP) is 2.04. The summed E-state index contributed by atoms with van der Waals surface area (Å²) in [6, 6.07) is 5.13. The number of hydrogen-bond acceptors (Lipinski definition) is 5. The molecule has 1 aliphatic rings. The Morgan fingerprint density at radius 3 is 2.33 bits per heavy atom. The van der Waals surface area contributed by atoms with Crippen LogP contribution in [0.2, 0.25) is 0 Å². The van der Waals surface area contributed by atoms with Crippen LogP contribution in [0.4, 0.5) is 0 Å². The van der Waals surface area contributed by atoms with Crippen LogP contribution in [0.25, 0.3) is 0 Å². The lowest BCUT2D eigenvalue weighted by Crippen LogP contribution is -2.51. The highest BCUT2D eigenvalue weighted by Gasteiger charge is 2.44. The minimum Gasteiger partial charge on any atom is -0.464 e. The Morgan fingerprint density at radius 1 is 1.21 bits per heavy atom. The van der Waals surface area contributed by atoms with Crippen LogP contribution >= 0.6 is 0 Å². The predicted molar refractivity (Wildman–Crippen MR) is 88.6 cm³/mol. The molecule has 0 aliphatic carbocycles. The average molecular weight is 351 g/mol. The SMILES string of the molecule is CCOC(=O)[C@@H]1[C@@H](C)C(=O)C(C)=CN1S(=O)(=O)c1ccc(C)cc1. The molecule has 24 heavy (non-hydrogen) atoms. The molecule has 130 valence electrons. The molecule has 7 heteroatoms. The molecule has 2 atom stereocenters. The van der Waals surface area contributed by atoms with E-state index in [1.165, 1.54) is 32.2 Å². The van der Waals surface area contributed by atoms with E-state index in [0.717, 1.165) is 9.87 Å². The third-order valence-corrected chi connectivity index (χ3v) is 5.75. The first-order valence-electron chi connectivity index (χ1n) is 7.69. The summed E-state index contributed by atoms with van der Waals surface area (Å²) in [5.41, 5.74) is 1.21. The molecule has 0 unspecified atom stereocenters. The molecule has 0 spiro atoms. The first-order chi connectivity index (χ1) is 11.2. The fraction of sp³-hybridized carbons (Fsp3) is 0.412. The maximum absolute atomic E-state index is 13.0. The zero-order valence-electron chi connectivity index (χ0n) is 14.1. The number of rotatable bonds is 4. The first kappa shape index (κ1) is 18.2. The highest BCUT2D eigenvalue weighted by atomic mass is 32.2. The van der Waals surface area contributed by atoms with Gasteiger partial charge in [0.15, 0.2) is 11.8 Å². The van der Waals surface area contributed by atoms with Crippen molar-refractivity contribution >= 4 is 21.8 Å². The number of benzene rings is 1. The summed E-state index contributed by atoms with van der Waals surface area (Å²) in [4.78, 5) is 24.6. The van der Waals surface area contributed by atoms with Crippen LogP contribution in [0.15, 0.2) is 40.9 Å². The minimum atomic E-state index is -3.98. The molecule has 0 amide bonds. The summed E-state index contributed by atoms with van der Waals surface area (Å²) >= 11 is 0. The fourth-order valence-corrected chi connectivity index (χ4v) is 4.23. The molecule has 2 rings (SSSR count). The molecule has 6 nitrogen and oxygen atoms in total. The summed E-state index contributed by atoms with van der Waals surface area (Å²) in [5.74, 6) is -1.80. The molecular formula is C17H21NO5S. The van der Waals surface area contributed by atoms with Crippen molar-refractivity contribution < 1.29 is 22.7 Å². The Hall–Kier alpha value is -2.15. The van der Waals surface area contributed by atoms with Crippen LogP contribution in [0.3, 0.4) is 0 Å². The number of allylic oxidation sites excluding steroid dienone is 1. The maximum atomic E-state index is 13.0. The van der Waals surface area contributed by atoms with Gasteiger partial charge in [-0.05, 0) is 32.9 Å². The Labute approximate surface area is 142 Å². The molecule has 1 aliphatic heterocycles. The van der Waals surface area contributed by atoms with Gasteiger partial charge in [-0.1, -0.05) is 24.6 Å². The number of sulfonamides is 1. The van der Waals surface area contributed by atoms with Crippen molar-refractivity contribution in [3.8, 4) is 0 Å². The van der Waals surface area contributed by atoms with Gasteiger partial charge in [-0.15, -0.1) is 0 Å². The summed E-state index contributed by atoms with van der Waals surface area (Å²) in [5, 5.41) is 0. The van der Waals surface area contributed by atoms with Gasteiger partial charge in [-0.25, -0.2) is 13.2 Å². The number of ether oxygens (including phenoxy) is 1. The maximum Gasteiger partial charge on any atom is 0.330 e. The van der Waals surface area contributed by atoms with Crippen LogP contribution in [-0.2, 0) is 24.3 Å². The van der Waals surface area contributed by atoms with Crippen molar-refractivity contribution in [1.29, 1.82) is 0 Å². The van der Waals surface area contributed by atoms with Crippen LogP contribution in [-0.4, -0.2) is 37.1 Å². The fourth-order valence-electron chi connectivity index (χ4n) is 2.64. The number of esters is 1. The molecule has 0 aromatic heterocycles. The lowest BCUT2D eigenvalue weighted by molar-refractivity contribution is -0.151. The van der Waals surface area contributed by atoms with Gasteiger partial charge in [0.2, 0.25) is 0 Å². The van der Waals surface area contributed by atoms with E-state index in [-0.39, 0.29) is 17.3 Å². The number of carbonyl (C=O) groups is 2. The first-order valence-corrected chi connectivity index (χ1v) is 9.13. The van der Waals surface area contributed by atoms with Gasteiger partial charge in [0.05, 0.1) is 17.4 Å². The number of nitrogens with zero attached hydrogens (tertiary/aromatic N) is 1. The highest BCUT2D eigenvalue weighted by molar-refractivity contribution is 7.89. The standard InChI is InChI=1S/C17H21NO5S/c1-5-23-17(20)15-13(4)16(19)12(3)10-18(15)24(21,22)14-8-6-11(2)7-9-14/h6-10,13,15H,5H2,1-4H3/t13-,15+/m1/s1. The molecule has 1 heterocycles. The van der Waals surface area contributed by atoms with E-state index in [1.54, 1.807) is 19.1 Å². The number of aryl methyl sites for hydroxylation is 1. The van der Waals surface area contributed by atoms with E-state index in [2.05, 4.69) is 0 Å². The second-order valence-corrected chi connectivity index (χ2v) is 7.65. The molecule has 0 radical (unpaired) electrons. The molecule has 0 fully saturated rings. The van der Waals surface area contributed by atoms with Gasteiger partial charge < -0.3 is 4.74 Å². The summed E-state index contributed by atoms with van der Waals surface area (Å²) in [6.07, 6.45) is 1.22. The minimum absolute atomic E-state index is 0.0630. The van der Waals surface area contributed by atoms with Crippen molar-refractivity contribution in [1.82, 2.24) is 4.31 Å². The molecule has 1 aromatic carbocycles. The quantitative estimate of drug-likeness (QED) is 0.776. The Kier molecular flexibility index (Phi) is 5.13. The number of carbonyl (C=O) groups excluding carboxylic acids is 2. The molecule has 0 N–H and O–H groups in total. The lowest BCUT2D eigenvalue weighted by atomic mass is 9.90. The van der Waals surface area contributed by atoms with Gasteiger partial charge in [-0.3, -0.25) is 9.10 Å². The van der Waals surface area contributed by atoms with Crippen molar-refractivity contribution in [2.24, 2.45) is 5.92 Å². The van der Waals surface area contributed by atoms with E-state index < -0.39 is 28.0 Å². The van der Waals surface area contributed by atoms with Crippen molar-refractivity contribution in [2.75, 3.05) is 6.61 Å². The monoisotopic (exact) mass is 351 g/mol. The molecule has 0 bridgehead atoms. The third-order valence-electron chi connectivity index (χ3n) is 4.00. The average Bonchev–Trinajstić information content (AvgIpc) is 2.52. The van der Waals surface area contributed by atoms with E-state index in [9.17, 15) is 18.0 Å². The molecule has 0 saturated heterocycles. The highest BCUT2D eigenvalue weighted by Crippen LogP contribution is 2.30. The van der Waals surface area contributed by atoms with E-state index in [0.29, 0.717) is 5.57 Å². The topological polar surface area (TPSA) is 80.8 Å². The van der Waals surface area contributed by atoms with Gasteiger partial charge in [-0.2, -0.15) is 0 Å². The smallest absolute Gasteiger partial charge is 0.330 e. The Bertz CT molecular complexity index is 780. The third kappa shape index (κ3) is 3.21. The Morgan fingerprint density at radius 2 is 1.79 bits per heavy atom. The number of hydrogen-bond donors (Lipinski definition) is 0. The van der Waals surface area contributed by atoms with Crippen LogP contribution in [0.5, 0.6) is 0 Å². The summed E-state index contributed by atoms with van der Waals surface area (Å²) in [6.45, 7) is 6.67.